The molecule has 0 aromatic heterocycles. The van der Waals surface area contributed by atoms with Crippen molar-refractivity contribution in [3.8, 4) is 23.0 Å². The summed E-state index contributed by atoms with van der Waals surface area (Å²) in [5.74, 6) is 1.34. The Hall–Kier alpha value is -2.93. The molecule has 27 heavy (non-hydrogen) atoms. The van der Waals surface area contributed by atoms with Gasteiger partial charge < -0.3 is 24.1 Å². The normalized spacial score (nSPS) is 19.8. The van der Waals surface area contributed by atoms with E-state index in [1.54, 1.807) is 6.07 Å². The molecule has 7 nitrogen and oxygen atoms in total. The zero-order valence-corrected chi connectivity index (χ0v) is 14.9. The highest BCUT2D eigenvalue weighted by Gasteiger charge is 2.32. The Bertz CT molecular complexity index is 941. The highest BCUT2D eigenvalue weighted by atomic mass is 16.7. The molecule has 0 bridgehead atoms. The van der Waals surface area contributed by atoms with Crippen molar-refractivity contribution >= 4 is 5.97 Å². The first-order valence-corrected chi connectivity index (χ1v) is 8.89. The molecule has 0 radical (unpaired) electrons. The lowest BCUT2D eigenvalue weighted by molar-refractivity contribution is 0.0690. The second kappa shape index (κ2) is 6.06. The molecular formula is C20H19NO6. The molecule has 3 aliphatic rings. The van der Waals surface area contributed by atoms with E-state index in [9.17, 15) is 9.90 Å². The van der Waals surface area contributed by atoms with Crippen molar-refractivity contribution in [3.63, 3.8) is 0 Å². The first-order chi connectivity index (χ1) is 13.1. The third-order valence-electron chi connectivity index (χ3n) is 5.51. The van der Waals surface area contributed by atoms with Crippen LogP contribution < -0.4 is 18.9 Å². The maximum absolute atomic E-state index is 11.9. The Kier molecular flexibility index (Phi) is 3.65. The van der Waals surface area contributed by atoms with Gasteiger partial charge in [-0.15, -0.1) is 0 Å². The summed E-state index contributed by atoms with van der Waals surface area (Å²) in [5.41, 5.74) is 3.29. The summed E-state index contributed by atoms with van der Waals surface area (Å²) in [6.07, 6.45) is 1.48. The maximum atomic E-state index is 11.9. The molecule has 5 rings (SSSR count). The number of rotatable bonds is 3. The van der Waals surface area contributed by atoms with Gasteiger partial charge in [0.25, 0.3) is 0 Å². The van der Waals surface area contributed by atoms with Crippen molar-refractivity contribution in [2.45, 2.75) is 18.9 Å². The average Bonchev–Trinajstić information content (AvgIpc) is 3.30. The van der Waals surface area contributed by atoms with Crippen molar-refractivity contribution in [3.05, 3.63) is 46.5 Å². The van der Waals surface area contributed by atoms with Crippen LogP contribution in [-0.4, -0.2) is 43.2 Å². The molecular weight excluding hydrogens is 350 g/mol. The minimum absolute atomic E-state index is 0.0433. The second-order valence-corrected chi connectivity index (χ2v) is 6.99. The van der Waals surface area contributed by atoms with E-state index in [-0.39, 0.29) is 25.2 Å². The highest BCUT2D eigenvalue weighted by molar-refractivity contribution is 5.94. The molecule has 3 aliphatic heterocycles. The van der Waals surface area contributed by atoms with Crippen LogP contribution in [-0.2, 0) is 12.8 Å². The molecule has 2 aromatic rings. The lowest BCUT2D eigenvalue weighted by atomic mass is 9.87. The summed E-state index contributed by atoms with van der Waals surface area (Å²) in [6, 6.07) is 7.74. The van der Waals surface area contributed by atoms with Crippen LogP contribution in [0.25, 0.3) is 0 Å². The van der Waals surface area contributed by atoms with E-state index in [0.29, 0.717) is 17.9 Å². The summed E-state index contributed by atoms with van der Waals surface area (Å²) < 4.78 is 21.8. The van der Waals surface area contributed by atoms with Gasteiger partial charge in [0.2, 0.25) is 13.6 Å². The molecule has 140 valence electrons. The molecule has 0 unspecified atom stereocenters. The number of aromatic carboxylic acids is 1. The summed E-state index contributed by atoms with van der Waals surface area (Å²) in [6.45, 7) is 1.18. The third kappa shape index (κ3) is 2.57. The van der Waals surface area contributed by atoms with Gasteiger partial charge in [0.05, 0.1) is 0 Å². The Morgan fingerprint density at radius 3 is 2.67 bits per heavy atom. The maximum Gasteiger partial charge on any atom is 0.339 e. The van der Waals surface area contributed by atoms with Gasteiger partial charge in [-0.25, -0.2) is 4.79 Å². The molecule has 0 fully saturated rings. The second-order valence-electron chi connectivity index (χ2n) is 6.99. The minimum atomic E-state index is -1.00. The third-order valence-corrected chi connectivity index (χ3v) is 5.51. The van der Waals surface area contributed by atoms with Gasteiger partial charge >= 0.3 is 5.97 Å². The average molecular weight is 369 g/mol. The van der Waals surface area contributed by atoms with Gasteiger partial charge in [-0.2, -0.15) is 0 Å². The number of carboxylic acids is 1. The van der Waals surface area contributed by atoms with E-state index in [0.717, 1.165) is 35.6 Å². The number of hydrogen-bond donors (Lipinski definition) is 1. The molecule has 0 aliphatic carbocycles. The first kappa shape index (κ1) is 16.3. The molecule has 2 aromatic carbocycles. The van der Waals surface area contributed by atoms with Crippen LogP contribution in [0.2, 0.25) is 0 Å². The zero-order valence-electron chi connectivity index (χ0n) is 14.9. The summed E-state index contributed by atoms with van der Waals surface area (Å²) in [7, 11) is 2.06. The monoisotopic (exact) mass is 369 g/mol. The van der Waals surface area contributed by atoms with Crippen molar-refractivity contribution in [1.29, 1.82) is 0 Å². The highest BCUT2D eigenvalue weighted by Crippen LogP contribution is 2.43. The zero-order chi connectivity index (χ0) is 18.5. The van der Waals surface area contributed by atoms with Gasteiger partial charge in [-0.05, 0) is 54.8 Å². The number of ether oxygens (including phenoxy) is 4. The van der Waals surface area contributed by atoms with E-state index >= 15 is 0 Å². The van der Waals surface area contributed by atoms with Gasteiger partial charge in [0.1, 0.15) is 5.56 Å². The molecule has 1 N–H and O–H groups in total. The van der Waals surface area contributed by atoms with E-state index in [2.05, 4.69) is 18.0 Å². The fraction of sp³-hybridized carbons (Fsp3) is 0.350. The van der Waals surface area contributed by atoms with Gasteiger partial charge in [-0.3, -0.25) is 4.90 Å². The largest absolute Gasteiger partial charge is 0.478 e. The lowest BCUT2D eigenvalue weighted by Crippen LogP contribution is -2.33. The Morgan fingerprint density at radius 2 is 1.85 bits per heavy atom. The van der Waals surface area contributed by atoms with Crippen LogP contribution in [0.5, 0.6) is 23.0 Å². The minimum Gasteiger partial charge on any atom is -0.478 e. The van der Waals surface area contributed by atoms with Crippen LogP contribution in [0.3, 0.4) is 0 Å². The fourth-order valence-electron chi connectivity index (χ4n) is 4.11. The number of hydrogen-bond acceptors (Lipinski definition) is 6. The van der Waals surface area contributed by atoms with Gasteiger partial charge in [-0.1, -0.05) is 6.07 Å². The van der Waals surface area contributed by atoms with Crippen molar-refractivity contribution in [1.82, 2.24) is 4.90 Å². The molecule has 3 heterocycles. The summed E-state index contributed by atoms with van der Waals surface area (Å²) >= 11 is 0. The van der Waals surface area contributed by atoms with E-state index in [4.69, 9.17) is 18.9 Å². The number of fused-ring (bicyclic) bond motifs is 3. The van der Waals surface area contributed by atoms with Gasteiger partial charge in [0, 0.05) is 12.6 Å². The molecule has 0 amide bonds. The molecule has 0 saturated carbocycles. The van der Waals surface area contributed by atoms with Crippen LogP contribution >= 0.6 is 0 Å². The van der Waals surface area contributed by atoms with E-state index in [1.165, 1.54) is 5.56 Å². The summed E-state index contributed by atoms with van der Waals surface area (Å²) in [5, 5.41) is 9.76. The fourth-order valence-corrected chi connectivity index (χ4v) is 4.11. The Morgan fingerprint density at radius 1 is 1.11 bits per heavy atom. The number of carbonyl (C=O) groups is 1. The Balaban J connectivity index is 1.56. The summed E-state index contributed by atoms with van der Waals surface area (Å²) in [4.78, 5) is 14.2. The van der Waals surface area contributed by atoms with Crippen molar-refractivity contribution in [2.24, 2.45) is 0 Å². The number of nitrogens with zero attached hydrogens (tertiary/aromatic N) is 1. The van der Waals surface area contributed by atoms with Crippen molar-refractivity contribution < 1.29 is 28.8 Å². The Labute approximate surface area is 156 Å². The SMILES string of the molecule is CN1CCc2cc3c(cc2[C@@H]1Cc1ccc2c(c1C(=O)O)OCO2)OCO3. The molecule has 0 saturated heterocycles. The van der Waals surface area contributed by atoms with Crippen molar-refractivity contribution in [2.75, 3.05) is 27.2 Å². The first-order valence-electron chi connectivity index (χ1n) is 8.89. The molecule has 7 heteroatoms. The quantitative estimate of drug-likeness (QED) is 0.891. The van der Waals surface area contributed by atoms with E-state index in [1.807, 2.05) is 12.1 Å². The topological polar surface area (TPSA) is 77.5 Å². The van der Waals surface area contributed by atoms with E-state index < -0.39 is 5.97 Å². The van der Waals surface area contributed by atoms with Crippen LogP contribution in [0, 0.1) is 0 Å². The van der Waals surface area contributed by atoms with Gasteiger partial charge in [0.15, 0.2) is 23.0 Å². The standard InChI is InChI=1S/C20H19NO6/c1-21-5-4-11-7-16-17(26-9-25-16)8-13(11)14(21)6-12-2-3-15-19(27-10-24-15)18(12)20(22)23/h2-3,7-8,14H,4-6,9-10H2,1H3,(H,22,23)/t14-/m0/s1. The smallest absolute Gasteiger partial charge is 0.339 e. The predicted octanol–water partition coefficient (Wildman–Crippen LogP) is 2.61. The number of carboxylic acid groups (broad SMARTS) is 1. The number of benzene rings is 2. The van der Waals surface area contributed by atoms with Crippen LogP contribution in [0.15, 0.2) is 24.3 Å². The molecule has 1 atom stereocenters. The van der Waals surface area contributed by atoms with Crippen LogP contribution in [0.4, 0.5) is 0 Å². The predicted molar refractivity (Wildman–Crippen MR) is 94.9 cm³/mol. The van der Waals surface area contributed by atoms with Crippen LogP contribution in [0.1, 0.15) is 33.1 Å². The lowest BCUT2D eigenvalue weighted by Gasteiger charge is -2.35. The molecule has 0 spiro atoms. The number of likely N-dealkylation sites (N-methyl/N-ethyl adjacent to an activating group) is 1.